The molecule has 2 aromatic rings. The number of carbonyl (C=O) groups is 3. The summed E-state index contributed by atoms with van der Waals surface area (Å²) in [5.74, 6) is -2.56. The van der Waals surface area contributed by atoms with Crippen LogP contribution < -0.4 is 10.2 Å². The summed E-state index contributed by atoms with van der Waals surface area (Å²) < 4.78 is 0. The number of fused-ring (bicyclic) bond motifs is 3. The number of carboxylic acid groups (broad SMARTS) is 1. The number of amides is 2. The highest BCUT2D eigenvalue weighted by Gasteiger charge is 2.51. The van der Waals surface area contributed by atoms with Crippen LogP contribution in [0.2, 0.25) is 0 Å². The normalized spacial score (nSPS) is 25.9. The summed E-state index contributed by atoms with van der Waals surface area (Å²) >= 11 is 0. The van der Waals surface area contributed by atoms with Crippen LogP contribution in [0.4, 0.5) is 11.4 Å². The Morgan fingerprint density at radius 1 is 0.935 bits per heavy atom. The van der Waals surface area contributed by atoms with E-state index in [9.17, 15) is 19.5 Å². The molecule has 158 valence electrons. The largest absolute Gasteiger partial charge is 0.481 e. The Kier molecular flexibility index (Phi) is 4.85. The molecule has 3 aliphatic rings. The van der Waals surface area contributed by atoms with Crippen molar-refractivity contribution in [2.75, 3.05) is 16.8 Å². The third-order valence-electron chi connectivity index (χ3n) is 6.80. The first-order valence-electron chi connectivity index (χ1n) is 10.7. The number of allylic oxidation sites excluding steroid dienone is 2. The fourth-order valence-corrected chi connectivity index (χ4v) is 5.34. The van der Waals surface area contributed by atoms with Crippen molar-refractivity contribution in [1.82, 2.24) is 0 Å². The molecule has 31 heavy (non-hydrogen) atoms. The molecule has 0 unspecified atom stereocenters. The Morgan fingerprint density at radius 3 is 2.39 bits per heavy atom. The Labute approximate surface area is 180 Å². The van der Waals surface area contributed by atoms with E-state index in [0.29, 0.717) is 17.8 Å². The highest BCUT2D eigenvalue weighted by Crippen LogP contribution is 2.48. The Bertz CT molecular complexity index is 1080. The number of hydrogen-bond donors (Lipinski definition) is 2. The topological polar surface area (TPSA) is 86.7 Å². The smallest absolute Gasteiger partial charge is 0.307 e. The van der Waals surface area contributed by atoms with Gasteiger partial charge in [0.05, 0.1) is 11.8 Å². The van der Waals surface area contributed by atoms with Crippen LogP contribution in [-0.2, 0) is 16.0 Å². The quantitative estimate of drug-likeness (QED) is 0.744. The van der Waals surface area contributed by atoms with E-state index in [1.54, 1.807) is 24.3 Å². The zero-order chi connectivity index (χ0) is 21.5. The number of para-hydroxylation sites is 1. The average Bonchev–Trinajstić information content (AvgIpc) is 3.41. The van der Waals surface area contributed by atoms with Gasteiger partial charge < -0.3 is 15.3 Å². The van der Waals surface area contributed by atoms with Crippen LogP contribution in [0, 0.1) is 23.7 Å². The minimum absolute atomic E-state index is 0.0221. The third-order valence-corrected chi connectivity index (χ3v) is 6.80. The zero-order valence-corrected chi connectivity index (χ0v) is 17.0. The molecule has 1 aliphatic heterocycles. The molecule has 0 saturated heterocycles. The van der Waals surface area contributed by atoms with Crippen molar-refractivity contribution in [2.45, 2.75) is 19.3 Å². The van der Waals surface area contributed by atoms with Gasteiger partial charge in [-0.3, -0.25) is 14.4 Å². The standard InChI is InChI=1S/C25H24N2O4/c28-23(21-17-7-8-18(14-17)22(21)25(30)31)26-19-11-9-16(10-12-19)24(29)27-13-3-5-15-4-1-2-6-20(15)27/h1-2,4,6-12,17-18,21-22H,3,5,13-14H2,(H,26,28)(H,30,31)/t17-,18-,21-,22-/m0/s1. The second kappa shape index (κ2) is 7.69. The lowest BCUT2D eigenvalue weighted by molar-refractivity contribution is -0.146. The van der Waals surface area contributed by atoms with Crippen LogP contribution in [0.1, 0.15) is 28.8 Å². The SMILES string of the molecule is O=C(O)[C@@H]1[C@@H](C(=O)Nc2ccc(C(=O)N3CCCc4ccccc43)cc2)[C@H]2C=C[C@H]1C2. The molecule has 0 aromatic heterocycles. The lowest BCUT2D eigenvalue weighted by Crippen LogP contribution is -2.36. The number of carbonyl (C=O) groups excluding carboxylic acids is 2. The van der Waals surface area contributed by atoms with Crippen molar-refractivity contribution < 1.29 is 19.5 Å². The third kappa shape index (κ3) is 3.42. The van der Waals surface area contributed by atoms with Crippen molar-refractivity contribution in [3.63, 3.8) is 0 Å². The fraction of sp³-hybridized carbons (Fsp3) is 0.320. The number of aliphatic carboxylic acids is 1. The van der Waals surface area contributed by atoms with Gasteiger partial charge in [-0.25, -0.2) is 0 Å². The molecule has 1 heterocycles. The van der Waals surface area contributed by atoms with Gasteiger partial charge in [0.1, 0.15) is 0 Å². The Hall–Kier alpha value is -3.41. The van der Waals surface area contributed by atoms with E-state index in [2.05, 4.69) is 11.4 Å². The van der Waals surface area contributed by atoms with E-state index >= 15 is 0 Å². The van der Waals surface area contributed by atoms with Crippen molar-refractivity contribution in [3.05, 3.63) is 71.8 Å². The van der Waals surface area contributed by atoms with E-state index in [0.717, 1.165) is 24.9 Å². The average molecular weight is 416 g/mol. The second-order valence-corrected chi connectivity index (χ2v) is 8.59. The van der Waals surface area contributed by atoms with Crippen LogP contribution in [0.5, 0.6) is 0 Å². The monoisotopic (exact) mass is 416 g/mol. The first-order chi connectivity index (χ1) is 15.0. The van der Waals surface area contributed by atoms with Gasteiger partial charge in [0.15, 0.2) is 0 Å². The molecule has 6 nitrogen and oxygen atoms in total. The number of nitrogens with one attached hydrogen (secondary N) is 1. The van der Waals surface area contributed by atoms with Crippen molar-refractivity contribution in [3.8, 4) is 0 Å². The highest BCUT2D eigenvalue weighted by molar-refractivity contribution is 6.07. The molecule has 2 N–H and O–H groups in total. The summed E-state index contributed by atoms with van der Waals surface area (Å²) in [6.07, 6.45) is 6.51. The summed E-state index contributed by atoms with van der Waals surface area (Å²) in [4.78, 5) is 39.4. The lowest BCUT2D eigenvalue weighted by atomic mass is 9.82. The molecule has 2 aromatic carbocycles. The van der Waals surface area contributed by atoms with Crippen LogP contribution in [0.25, 0.3) is 0 Å². The predicted molar refractivity (Wildman–Crippen MR) is 117 cm³/mol. The van der Waals surface area contributed by atoms with Gasteiger partial charge in [0, 0.05) is 23.5 Å². The van der Waals surface area contributed by atoms with E-state index < -0.39 is 17.8 Å². The first-order valence-corrected chi connectivity index (χ1v) is 10.7. The van der Waals surface area contributed by atoms with E-state index in [1.807, 2.05) is 35.3 Å². The van der Waals surface area contributed by atoms with Gasteiger partial charge in [-0.2, -0.15) is 0 Å². The molecule has 0 spiro atoms. The summed E-state index contributed by atoms with van der Waals surface area (Å²) in [5, 5.41) is 12.4. The summed E-state index contributed by atoms with van der Waals surface area (Å²) in [6.45, 7) is 0.683. The predicted octanol–water partition coefficient (Wildman–Crippen LogP) is 3.74. The molecule has 5 rings (SSSR count). The number of aryl methyl sites for hydroxylation is 1. The van der Waals surface area contributed by atoms with Crippen molar-refractivity contribution >= 4 is 29.2 Å². The van der Waals surface area contributed by atoms with Crippen LogP contribution in [0.15, 0.2) is 60.7 Å². The minimum Gasteiger partial charge on any atom is -0.481 e. The van der Waals surface area contributed by atoms with Gasteiger partial charge in [-0.15, -0.1) is 0 Å². The summed E-state index contributed by atoms with van der Waals surface area (Å²) in [6, 6.07) is 14.8. The molecule has 2 amide bonds. The molecule has 2 bridgehead atoms. The van der Waals surface area contributed by atoms with Crippen LogP contribution in [-0.4, -0.2) is 29.4 Å². The minimum atomic E-state index is -0.917. The van der Waals surface area contributed by atoms with Gasteiger partial charge in [0.2, 0.25) is 5.91 Å². The molecule has 2 aliphatic carbocycles. The molecule has 1 fully saturated rings. The number of rotatable bonds is 4. The highest BCUT2D eigenvalue weighted by atomic mass is 16.4. The van der Waals surface area contributed by atoms with E-state index in [1.165, 1.54) is 5.56 Å². The second-order valence-electron chi connectivity index (χ2n) is 8.59. The van der Waals surface area contributed by atoms with Gasteiger partial charge in [-0.1, -0.05) is 30.4 Å². The summed E-state index contributed by atoms with van der Waals surface area (Å²) in [5.41, 5.74) is 3.26. The number of nitrogens with zero attached hydrogens (tertiary/aromatic N) is 1. The number of benzene rings is 2. The first kappa shape index (κ1) is 19.5. The van der Waals surface area contributed by atoms with Crippen LogP contribution in [0.3, 0.4) is 0 Å². The molecule has 6 heteroatoms. The van der Waals surface area contributed by atoms with Gasteiger partial charge in [0.25, 0.3) is 5.91 Å². The molecule has 4 atom stereocenters. The van der Waals surface area contributed by atoms with Gasteiger partial charge in [-0.05, 0) is 67.0 Å². The van der Waals surface area contributed by atoms with Crippen molar-refractivity contribution in [2.24, 2.45) is 23.7 Å². The maximum atomic E-state index is 13.1. The summed E-state index contributed by atoms with van der Waals surface area (Å²) in [7, 11) is 0. The van der Waals surface area contributed by atoms with Crippen LogP contribution >= 0.6 is 0 Å². The van der Waals surface area contributed by atoms with E-state index in [-0.39, 0.29) is 23.7 Å². The molecule has 0 radical (unpaired) electrons. The fourth-order valence-electron chi connectivity index (χ4n) is 5.34. The number of hydrogen-bond acceptors (Lipinski definition) is 3. The number of carboxylic acids is 1. The number of anilines is 2. The molecular formula is C25H24N2O4. The molecule has 1 saturated carbocycles. The maximum absolute atomic E-state index is 13.1. The maximum Gasteiger partial charge on any atom is 0.307 e. The zero-order valence-electron chi connectivity index (χ0n) is 17.0. The van der Waals surface area contributed by atoms with Gasteiger partial charge >= 0.3 is 5.97 Å². The Morgan fingerprint density at radius 2 is 1.65 bits per heavy atom. The van der Waals surface area contributed by atoms with Crippen molar-refractivity contribution in [1.29, 1.82) is 0 Å². The Balaban J connectivity index is 1.30. The molecular weight excluding hydrogens is 392 g/mol. The lowest BCUT2D eigenvalue weighted by Gasteiger charge is -2.29. The van der Waals surface area contributed by atoms with E-state index in [4.69, 9.17) is 0 Å².